The van der Waals surface area contributed by atoms with Crippen LogP contribution >= 0.6 is 0 Å². The molecular formula is C15H21FN4O. The maximum Gasteiger partial charge on any atom is 0.151 e. The summed E-state index contributed by atoms with van der Waals surface area (Å²) in [5.74, 6) is 1.42. The number of halogens is 1. The van der Waals surface area contributed by atoms with Gasteiger partial charge in [-0.1, -0.05) is 13.8 Å². The van der Waals surface area contributed by atoms with E-state index in [1.54, 1.807) is 16.8 Å². The van der Waals surface area contributed by atoms with Crippen molar-refractivity contribution in [3.8, 4) is 5.69 Å². The molecule has 0 unspecified atom stereocenters. The Morgan fingerprint density at radius 1 is 1.29 bits per heavy atom. The molecule has 5 nitrogen and oxygen atoms in total. The zero-order valence-corrected chi connectivity index (χ0v) is 12.3. The van der Waals surface area contributed by atoms with Crippen LogP contribution in [0, 0.1) is 11.7 Å². The summed E-state index contributed by atoms with van der Waals surface area (Å²) in [6.45, 7) is 4.05. The highest BCUT2D eigenvalue weighted by Crippen LogP contribution is 2.16. The summed E-state index contributed by atoms with van der Waals surface area (Å²) in [5, 5.41) is 13.7. The number of aryl methyl sites for hydroxylation is 1. The van der Waals surface area contributed by atoms with Crippen LogP contribution in [0.4, 0.5) is 4.39 Å². The number of aliphatic hydroxyl groups excluding tert-OH is 1. The summed E-state index contributed by atoms with van der Waals surface area (Å²) < 4.78 is 14.6. The molecule has 0 aliphatic rings. The molecule has 0 amide bonds. The maximum absolute atomic E-state index is 13.0. The smallest absolute Gasteiger partial charge is 0.151 e. The molecule has 2 aromatic rings. The Labute approximate surface area is 123 Å². The van der Waals surface area contributed by atoms with Crippen molar-refractivity contribution in [3.63, 3.8) is 0 Å². The number of aromatic nitrogens is 3. The number of hydrogen-bond donors (Lipinski definition) is 2. The molecule has 2 rings (SSSR count). The van der Waals surface area contributed by atoms with Gasteiger partial charge in [0, 0.05) is 6.42 Å². The number of hydrogen-bond acceptors (Lipinski definition) is 4. The van der Waals surface area contributed by atoms with Crippen molar-refractivity contribution in [2.24, 2.45) is 11.7 Å². The second-order valence-electron chi connectivity index (χ2n) is 5.50. The zero-order chi connectivity index (χ0) is 15.4. The highest BCUT2D eigenvalue weighted by Gasteiger charge is 2.17. The van der Waals surface area contributed by atoms with Gasteiger partial charge >= 0.3 is 0 Å². The van der Waals surface area contributed by atoms with Crippen molar-refractivity contribution in [2.45, 2.75) is 32.7 Å². The van der Waals surface area contributed by atoms with Gasteiger partial charge in [0.1, 0.15) is 5.82 Å². The fourth-order valence-electron chi connectivity index (χ4n) is 1.99. The first-order valence-electron chi connectivity index (χ1n) is 7.09. The SMILES string of the molecule is CC(C)CCc1nc([C@@H](N)CO)n(-c2ccc(F)cc2)n1. The molecule has 1 atom stereocenters. The van der Waals surface area contributed by atoms with Crippen LogP contribution in [0.25, 0.3) is 5.69 Å². The van der Waals surface area contributed by atoms with Gasteiger partial charge in [-0.25, -0.2) is 14.1 Å². The third kappa shape index (κ3) is 3.86. The van der Waals surface area contributed by atoms with Gasteiger partial charge in [0.25, 0.3) is 0 Å². The molecule has 0 fully saturated rings. The van der Waals surface area contributed by atoms with Crippen molar-refractivity contribution in [1.82, 2.24) is 14.8 Å². The largest absolute Gasteiger partial charge is 0.394 e. The third-order valence-corrected chi connectivity index (χ3v) is 3.22. The molecule has 0 aliphatic heterocycles. The molecule has 0 aliphatic carbocycles. The molecule has 0 radical (unpaired) electrons. The first kappa shape index (κ1) is 15.6. The van der Waals surface area contributed by atoms with Gasteiger partial charge in [-0.05, 0) is 36.6 Å². The van der Waals surface area contributed by atoms with E-state index in [0.29, 0.717) is 23.3 Å². The number of aliphatic hydroxyl groups is 1. The van der Waals surface area contributed by atoms with E-state index < -0.39 is 6.04 Å². The normalized spacial score (nSPS) is 12.9. The Kier molecular flexibility index (Phi) is 5.03. The van der Waals surface area contributed by atoms with E-state index in [0.717, 1.165) is 12.8 Å². The predicted octanol–water partition coefficient (Wildman–Crippen LogP) is 1.99. The second-order valence-corrected chi connectivity index (χ2v) is 5.50. The first-order valence-corrected chi connectivity index (χ1v) is 7.09. The van der Waals surface area contributed by atoms with E-state index in [-0.39, 0.29) is 12.4 Å². The van der Waals surface area contributed by atoms with E-state index in [1.165, 1.54) is 12.1 Å². The minimum Gasteiger partial charge on any atom is -0.394 e. The summed E-state index contributed by atoms with van der Waals surface area (Å²) in [4.78, 5) is 4.42. The predicted molar refractivity (Wildman–Crippen MR) is 78.5 cm³/mol. The van der Waals surface area contributed by atoms with E-state index in [9.17, 15) is 9.50 Å². The molecular weight excluding hydrogens is 271 g/mol. The highest BCUT2D eigenvalue weighted by molar-refractivity contribution is 5.32. The van der Waals surface area contributed by atoms with Gasteiger partial charge in [-0.2, -0.15) is 5.10 Å². The first-order chi connectivity index (χ1) is 10.0. The lowest BCUT2D eigenvalue weighted by molar-refractivity contribution is 0.262. The van der Waals surface area contributed by atoms with Crippen molar-refractivity contribution in [1.29, 1.82) is 0 Å². The van der Waals surface area contributed by atoms with Gasteiger partial charge in [0.15, 0.2) is 11.6 Å². The van der Waals surface area contributed by atoms with Crippen LogP contribution in [0.2, 0.25) is 0 Å². The molecule has 3 N–H and O–H groups in total. The Morgan fingerprint density at radius 3 is 2.52 bits per heavy atom. The molecule has 6 heteroatoms. The summed E-state index contributed by atoms with van der Waals surface area (Å²) >= 11 is 0. The van der Waals surface area contributed by atoms with Crippen molar-refractivity contribution < 1.29 is 9.50 Å². The van der Waals surface area contributed by atoms with Crippen LogP contribution in [0.3, 0.4) is 0 Å². The van der Waals surface area contributed by atoms with Gasteiger partial charge in [-0.15, -0.1) is 0 Å². The standard InChI is InChI=1S/C15H21FN4O/c1-10(2)3-8-14-18-15(13(17)9-21)20(19-14)12-6-4-11(16)5-7-12/h4-7,10,13,21H,3,8-9,17H2,1-2H3/t13-/m0/s1. The van der Waals surface area contributed by atoms with Gasteiger partial charge in [0.05, 0.1) is 18.3 Å². The van der Waals surface area contributed by atoms with Crippen LogP contribution in [0.1, 0.15) is 38.0 Å². The number of rotatable bonds is 6. The second kappa shape index (κ2) is 6.78. The van der Waals surface area contributed by atoms with Crippen molar-refractivity contribution >= 4 is 0 Å². The topological polar surface area (TPSA) is 77.0 Å². The van der Waals surface area contributed by atoms with Crippen LogP contribution < -0.4 is 5.73 Å². The van der Waals surface area contributed by atoms with E-state index >= 15 is 0 Å². The lowest BCUT2D eigenvalue weighted by Gasteiger charge is -2.09. The molecule has 0 bridgehead atoms. The fraction of sp³-hybridized carbons (Fsp3) is 0.467. The Morgan fingerprint density at radius 2 is 1.95 bits per heavy atom. The van der Waals surface area contributed by atoms with Gasteiger partial charge in [-0.3, -0.25) is 0 Å². The fourth-order valence-corrected chi connectivity index (χ4v) is 1.99. The highest BCUT2D eigenvalue weighted by atomic mass is 19.1. The molecule has 0 spiro atoms. The molecule has 0 saturated heterocycles. The molecule has 1 aromatic carbocycles. The number of benzene rings is 1. The van der Waals surface area contributed by atoms with E-state index in [4.69, 9.17) is 5.73 Å². The van der Waals surface area contributed by atoms with Crippen molar-refractivity contribution in [2.75, 3.05) is 6.61 Å². The lowest BCUT2D eigenvalue weighted by Crippen LogP contribution is -2.19. The maximum atomic E-state index is 13.0. The number of nitrogens with zero attached hydrogens (tertiary/aromatic N) is 3. The number of nitrogens with two attached hydrogens (primary N) is 1. The minimum absolute atomic E-state index is 0.219. The third-order valence-electron chi connectivity index (χ3n) is 3.22. The molecule has 1 aromatic heterocycles. The molecule has 0 saturated carbocycles. The quantitative estimate of drug-likeness (QED) is 0.853. The summed E-state index contributed by atoms with van der Waals surface area (Å²) in [6.07, 6.45) is 1.72. The van der Waals surface area contributed by atoms with Gasteiger partial charge < -0.3 is 10.8 Å². The average Bonchev–Trinajstić information content (AvgIpc) is 2.89. The monoisotopic (exact) mass is 292 g/mol. The Hall–Kier alpha value is -1.79. The summed E-state index contributed by atoms with van der Waals surface area (Å²) in [7, 11) is 0. The Bertz CT molecular complexity index is 580. The van der Waals surface area contributed by atoms with Gasteiger partial charge in [0.2, 0.25) is 0 Å². The van der Waals surface area contributed by atoms with E-state index in [1.807, 2.05) is 0 Å². The lowest BCUT2D eigenvalue weighted by atomic mass is 10.1. The van der Waals surface area contributed by atoms with E-state index in [2.05, 4.69) is 23.9 Å². The van der Waals surface area contributed by atoms with Crippen LogP contribution in [0.15, 0.2) is 24.3 Å². The van der Waals surface area contributed by atoms with Crippen LogP contribution in [0.5, 0.6) is 0 Å². The summed E-state index contributed by atoms with van der Waals surface area (Å²) in [6, 6.07) is 5.33. The zero-order valence-electron chi connectivity index (χ0n) is 12.3. The Balaban J connectivity index is 2.35. The van der Waals surface area contributed by atoms with Crippen molar-refractivity contribution in [3.05, 3.63) is 41.7 Å². The van der Waals surface area contributed by atoms with Crippen LogP contribution in [-0.2, 0) is 6.42 Å². The molecule has 114 valence electrons. The summed E-state index contributed by atoms with van der Waals surface area (Å²) in [5.41, 5.74) is 6.56. The average molecular weight is 292 g/mol. The molecule has 21 heavy (non-hydrogen) atoms. The minimum atomic E-state index is -0.615. The molecule has 1 heterocycles. The van der Waals surface area contributed by atoms with Crippen LogP contribution in [-0.4, -0.2) is 26.5 Å².